The van der Waals surface area contributed by atoms with E-state index in [1.807, 2.05) is 0 Å². The number of anilines is 1. The number of nitrogens with one attached hydrogen (secondary N) is 4. The molecule has 0 bridgehead atoms. The van der Waals surface area contributed by atoms with Gasteiger partial charge in [-0.05, 0) is 69.7 Å². The van der Waals surface area contributed by atoms with Crippen molar-refractivity contribution in [2.75, 3.05) is 25.5 Å². The van der Waals surface area contributed by atoms with Gasteiger partial charge in [0.05, 0.1) is 0 Å². The van der Waals surface area contributed by atoms with Gasteiger partial charge in [0.2, 0.25) is 11.8 Å². The Morgan fingerprint density at radius 3 is 2.36 bits per heavy atom. The van der Waals surface area contributed by atoms with Crippen molar-refractivity contribution >= 4 is 35.7 Å². The Morgan fingerprint density at radius 1 is 1.12 bits per heavy atom. The largest absolute Gasteiger partial charge is 0.444 e. The quantitative estimate of drug-likeness (QED) is 0.174. The molecule has 0 fully saturated rings. The lowest BCUT2D eigenvalue weighted by molar-refractivity contribution is -0.128. The van der Waals surface area contributed by atoms with Crippen molar-refractivity contribution in [3.05, 3.63) is 36.2 Å². The number of nitrogens with zero attached hydrogens (tertiary/aromatic N) is 1. The standard InChI is InChI=1S/C29H43N6O7/c1-9-15-41-28(40)35(8)17-20-16-21(13-12-19(20)4)32-24(36)22(11-10-14-31-26(30)38)33-25(37)23(18(2)3)34-27(39)42-29(5,6)7/h1,12-13,16,18,22-23H,4,10-11,14-15,17H2,2-3,5-8H3,(H,32,36)(H,33,37)(H,34,39)(H3,30,31,38)/t22-,23-/m0/s1. The predicted octanol–water partition coefficient (Wildman–Crippen LogP) is 2.49. The van der Waals surface area contributed by atoms with Crippen molar-refractivity contribution in [2.24, 2.45) is 11.7 Å². The number of carbonyl (C=O) groups excluding carboxylic acids is 5. The Bertz CT molecular complexity index is 1160. The minimum absolute atomic E-state index is 0.136. The number of alkyl carbamates (subject to hydrolysis) is 1. The van der Waals surface area contributed by atoms with Gasteiger partial charge < -0.3 is 41.4 Å². The first-order valence-corrected chi connectivity index (χ1v) is 13.4. The lowest BCUT2D eigenvalue weighted by atomic mass is 10.0. The molecule has 0 saturated carbocycles. The third kappa shape index (κ3) is 13.3. The SMILES string of the molecule is C#CCOC(=O)N(C)Cc1cc(NC(=O)[C@H](CCCNC(N)=O)NC(=O)[C@@H](NC(=O)OC(C)(C)C)C(C)C)ccc1[CH2]. The summed E-state index contributed by atoms with van der Waals surface area (Å²) >= 11 is 0. The molecule has 6 N–H and O–H groups in total. The molecule has 0 unspecified atom stereocenters. The zero-order valence-corrected chi connectivity index (χ0v) is 25.2. The molecule has 0 aliphatic carbocycles. The first-order chi connectivity index (χ1) is 19.5. The summed E-state index contributed by atoms with van der Waals surface area (Å²) in [6.07, 6.45) is 4.22. The molecule has 0 saturated heterocycles. The van der Waals surface area contributed by atoms with Crippen molar-refractivity contribution in [3.63, 3.8) is 0 Å². The molecular formula is C29H43N6O7. The van der Waals surface area contributed by atoms with E-state index < -0.39 is 47.7 Å². The summed E-state index contributed by atoms with van der Waals surface area (Å²) in [5.41, 5.74) is 6.02. The van der Waals surface area contributed by atoms with Gasteiger partial charge in [0.15, 0.2) is 6.61 Å². The van der Waals surface area contributed by atoms with Gasteiger partial charge in [0, 0.05) is 25.8 Å². The molecule has 0 aliphatic rings. The second-order valence-electron chi connectivity index (χ2n) is 10.9. The molecule has 0 aromatic heterocycles. The first kappa shape index (κ1) is 35.6. The average molecular weight is 588 g/mol. The number of rotatable bonds is 13. The van der Waals surface area contributed by atoms with Crippen LogP contribution in [0, 0.1) is 25.2 Å². The molecule has 1 aromatic rings. The van der Waals surface area contributed by atoms with Gasteiger partial charge in [0.25, 0.3) is 0 Å². The Morgan fingerprint density at radius 2 is 1.79 bits per heavy atom. The van der Waals surface area contributed by atoms with E-state index in [-0.39, 0.29) is 32.0 Å². The van der Waals surface area contributed by atoms with Crippen LogP contribution in [0.4, 0.5) is 20.1 Å². The molecule has 6 amide bonds. The molecule has 231 valence electrons. The summed E-state index contributed by atoms with van der Waals surface area (Å²) < 4.78 is 10.2. The molecule has 0 heterocycles. The molecule has 2 atom stereocenters. The van der Waals surface area contributed by atoms with Gasteiger partial charge in [-0.15, -0.1) is 6.42 Å². The Balaban J connectivity index is 3.09. The van der Waals surface area contributed by atoms with E-state index in [9.17, 15) is 24.0 Å². The second-order valence-corrected chi connectivity index (χ2v) is 10.9. The molecule has 1 radical (unpaired) electrons. The second kappa shape index (κ2) is 16.7. The van der Waals surface area contributed by atoms with Crippen LogP contribution in [0.15, 0.2) is 18.2 Å². The maximum Gasteiger partial charge on any atom is 0.410 e. The molecule has 13 nitrogen and oxygen atoms in total. The fourth-order valence-electron chi connectivity index (χ4n) is 3.63. The van der Waals surface area contributed by atoms with Crippen LogP contribution in [0.3, 0.4) is 0 Å². The van der Waals surface area contributed by atoms with Crippen molar-refractivity contribution in [2.45, 2.75) is 71.7 Å². The maximum atomic E-state index is 13.4. The van der Waals surface area contributed by atoms with Crippen LogP contribution in [0.1, 0.15) is 58.6 Å². The molecule has 0 aliphatic heterocycles. The van der Waals surface area contributed by atoms with Gasteiger partial charge in [-0.3, -0.25) is 9.59 Å². The van der Waals surface area contributed by atoms with E-state index in [0.29, 0.717) is 23.2 Å². The molecule has 1 rings (SSSR count). The average Bonchev–Trinajstić information content (AvgIpc) is 2.87. The molecule has 0 spiro atoms. The van der Waals surface area contributed by atoms with Crippen LogP contribution in [0.2, 0.25) is 0 Å². The maximum absolute atomic E-state index is 13.4. The van der Waals surface area contributed by atoms with E-state index in [1.54, 1.807) is 52.8 Å². The van der Waals surface area contributed by atoms with Gasteiger partial charge in [-0.25, -0.2) is 14.4 Å². The fraction of sp³-hybridized carbons (Fsp3) is 0.517. The zero-order valence-electron chi connectivity index (χ0n) is 25.2. The molecule has 13 heteroatoms. The van der Waals surface area contributed by atoms with Crippen LogP contribution < -0.4 is 27.0 Å². The van der Waals surface area contributed by atoms with Crippen LogP contribution >= 0.6 is 0 Å². The van der Waals surface area contributed by atoms with Crippen LogP contribution in [0.5, 0.6) is 0 Å². The Kier molecular flexibility index (Phi) is 14.1. The lowest BCUT2D eigenvalue weighted by Gasteiger charge is -2.27. The van der Waals surface area contributed by atoms with Gasteiger partial charge in [-0.2, -0.15) is 0 Å². The number of hydrogen-bond acceptors (Lipinski definition) is 7. The predicted molar refractivity (Wildman–Crippen MR) is 158 cm³/mol. The third-order valence-electron chi connectivity index (χ3n) is 5.70. The summed E-state index contributed by atoms with van der Waals surface area (Å²) in [7, 11) is 1.53. The summed E-state index contributed by atoms with van der Waals surface area (Å²) in [5, 5.41) is 10.5. The summed E-state index contributed by atoms with van der Waals surface area (Å²) in [5.74, 6) is 0.781. The van der Waals surface area contributed by atoms with E-state index in [1.165, 1.54) is 11.9 Å². The van der Waals surface area contributed by atoms with Crippen molar-refractivity contribution in [1.82, 2.24) is 20.9 Å². The highest BCUT2D eigenvalue weighted by molar-refractivity contribution is 5.98. The molecular weight excluding hydrogens is 544 g/mol. The van der Waals surface area contributed by atoms with Gasteiger partial charge in [-0.1, -0.05) is 25.8 Å². The highest BCUT2D eigenvalue weighted by atomic mass is 16.6. The van der Waals surface area contributed by atoms with Crippen molar-refractivity contribution < 1.29 is 33.4 Å². The minimum atomic E-state index is -1.03. The monoisotopic (exact) mass is 587 g/mol. The van der Waals surface area contributed by atoms with E-state index in [0.717, 1.165) is 0 Å². The number of terminal acetylenes is 1. The number of nitrogens with two attached hydrogens (primary N) is 1. The van der Waals surface area contributed by atoms with Crippen LogP contribution in [-0.4, -0.2) is 72.8 Å². The van der Waals surface area contributed by atoms with Crippen LogP contribution in [0.25, 0.3) is 0 Å². The first-order valence-electron chi connectivity index (χ1n) is 13.4. The van der Waals surface area contributed by atoms with E-state index in [2.05, 4.69) is 34.1 Å². The van der Waals surface area contributed by atoms with Gasteiger partial charge >= 0.3 is 18.2 Å². The molecule has 42 heavy (non-hydrogen) atoms. The Hall–Kier alpha value is -4.47. The highest BCUT2D eigenvalue weighted by Crippen LogP contribution is 2.18. The smallest absolute Gasteiger partial charge is 0.410 e. The van der Waals surface area contributed by atoms with Crippen LogP contribution in [-0.2, 0) is 25.6 Å². The number of carbonyl (C=O) groups is 5. The topological polar surface area (TPSA) is 181 Å². The normalized spacial score (nSPS) is 12.3. The third-order valence-corrected chi connectivity index (χ3v) is 5.70. The van der Waals surface area contributed by atoms with Gasteiger partial charge in [0.1, 0.15) is 17.7 Å². The number of primary amides is 1. The summed E-state index contributed by atoms with van der Waals surface area (Å²) in [6, 6.07) is 2.23. The molecule has 1 aromatic carbocycles. The Labute approximate surface area is 247 Å². The summed E-state index contributed by atoms with van der Waals surface area (Å²) in [6.45, 7) is 12.7. The number of urea groups is 1. The highest BCUT2D eigenvalue weighted by Gasteiger charge is 2.30. The fourth-order valence-corrected chi connectivity index (χ4v) is 3.63. The zero-order chi connectivity index (χ0) is 32.0. The van der Waals surface area contributed by atoms with E-state index in [4.69, 9.17) is 21.6 Å². The number of amides is 6. The lowest BCUT2D eigenvalue weighted by Crippen LogP contribution is -2.55. The number of benzene rings is 1. The number of ether oxygens (including phenoxy) is 2. The minimum Gasteiger partial charge on any atom is -0.444 e. The summed E-state index contributed by atoms with van der Waals surface area (Å²) in [4.78, 5) is 63.4. The van der Waals surface area contributed by atoms with E-state index >= 15 is 0 Å². The number of hydrogen-bond donors (Lipinski definition) is 5. The van der Waals surface area contributed by atoms with Crippen molar-refractivity contribution in [1.29, 1.82) is 0 Å². The van der Waals surface area contributed by atoms with Crippen molar-refractivity contribution in [3.8, 4) is 12.3 Å².